The largest absolute Gasteiger partial charge is 0.508 e. The van der Waals surface area contributed by atoms with E-state index in [9.17, 15) is 19.8 Å². The van der Waals surface area contributed by atoms with Gasteiger partial charge < -0.3 is 14.8 Å². The summed E-state index contributed by atoms with van der Waals surface area (Å²) in [6.45, 7) is 0. The number of aryl methyl sites for hydroxylation is 1. The summed E-state index contributed by atoms with van der Waals surface area (Å²) in [5.74, 6) is -1.02. The molecular weight excluding hydrogens is 330 g/mol. The molecule has 0 fully saturated rings. The number of benzene rings is 2. The monoisotopic (exact) mass is 349 g/mol. The number of phenolic OH excluding ortho intramolecular Hbond substituents is 1. The highest BCUT2D eigenvalue weighted by Gasteiger charge is 2.24. The molecule has 0 saturated heterocycles. The van der Waals surface area contributed by atoms with E-state index >= 15 is 0 Å². The highest BCUT2D eigenvalue weighted by molar-refractivity contribution is 6.08. The first-order valence-corrected chi connectivity index (χ1v) is 8.33. The Labute approximate surface area is 151 Å². The molecule has 26 heavy (non-hydrogen) atoms. The Balaban J connectivity index is 1.83. The summed E-state index contributed by atoms with van der Waals surface area (Å²) in [5, 5.41) is 19.0. The van der Waals surface area contributed by atoms with Crippen LogP contribution in [-0.4, -0.2) is 26.5 Å². The van der Waals surface area contributed by atoms with Gasteiger partial charge in [0, 0.05) is 11.8 Å². The van der Waals surface area contributed by atoms with Crippen LogP contribution in [0.2, 0.25) is 0 Å². The number of carbonyl (C=O) groups excluding carboxylic acids is 1. The fourth-order valence-corrected chi connectivity index (χ4v) is 2.94. The minimum atomic E-state index is -0.984. The highest BCUT2D eigenvalue weighted by atomic mass is 16.4. The summed E-state index contributed by atoms with van der Waals surface area (Å²) in [4.78, 5) is 24.5. The van der Waals surface area contributed by atoms with Crippen LogP contribution in [0.15, 0.2) is 72.9 Å². The number of aromatic nitrogens is 1. The molecule has 2 N–H and O–H groups in total. The lowest BCUT2D eigenvalue weighted by Gasteiger charge is -2.17. The van der Waals surface area contributed by atoms with Crippen LogP contribution in [0.1, 0.15) is 34.1 Å². The molecule has 0 bridgehead atoms. The number of phenols is 1. The van der Waals surface area contributed by atoms with E-state index < -0.39 is 12.0 Å². The number of aliphatic carboxylic acids is 1. The number of hydrogen-bond acceptors (Lipinski definition) is 3. The summed E-state index contributed by atoms with van der Waals surface area (Å²) in [7, 11) is 0. The van der Waals surface area contributed by atoms with E-state index in [1.807, 2.05) is 6.07 Å². The van der Waals surface area contributed by atoms with Crippen molar-refractivity contribution in [3.63, 3.8) is 0 Å². The Kier molecular flexibility index (Phi) is 5.17. The van der Waals surface area contributed by atoms with E-state index in [1.54, 1.807) is 66.9 Å². The van der Waals surface area contributed by atoms with Crippen LogP contribution in [0.25, 0.3) is 0 Å². The van der Waals surface area contributed by atoms with E-state index in [-0.39, 0.29) is 11.5 Å². The predicted molar refractivity (Wildman–Crippen MR) is 97.4 cm³/mol. The van der Waals surface area contributed by atoms with Crippen molar-refractivity contribution in [3.8, 4) is 5.75 Å². The third kappa shape index (κ3) is 3.83. The minimum Gasteiger partial charge on any atom is -0.508 e. The number of ketones is 1. The third-order valence-corrected chi connectivity index (χ3v) is 4.31. The first-order chi connectivity index (χ1) is 12.6. The maximum atomic E-state index is 12.7. The highest BCUT2D eigenvalue weighted by Crippen LogP contribution is 2.22. The summed E-state index contributed by atoms with van der Waals surface area (Å²) < 4.78 is 1.53. The van der Waals surface area contributed by atoms with Crippen molar-refractivity contribution in [2.45, 2.75) is 18.9 Å². The fraction of sp³-hybridized carbons (Fsp3) is 0.143. The second-order valence-corrected chi connectivity index (χ2v) is 6.06. The lowest BCUT2D eigenvalue weighted by molar-refractivity contribution is -0.141. The van der Waals surface area contributed by atoms with Gasteiger partial charge in [0.15, 0.2) is 0 Å². The Morgan fingerprint density at radius 2 is 1.62 bits per heavy atom. The third-order valence-electron chi connectivity index (χ3n) is 4.31. The van der Waals surface area contributed by atoms with E-state index in [0.29, 0.717) is 24.1 Å². The van der Waals surface area contributed by atoms with E-state index in [1.165, 1.54) is 4.57 Å². The predicted octanol–water partition coefficient (Wildman–Crippen LogP) is 3.68. The van der Waals surface area contributed by atoms with Gasteiger partial charge in [0.2, 0.25) is 5.78 Å². The van der Waals surface area contributed by atoms with Gasteiger partial charge in [-0.25, -0.2) is 4.79 Å². The first kappa shape index (κ1) is 17.5. The molecule has 0 aliphatic heterocycles. The summed E-state index contributed by atoms with van der Waals surface area (Å²) >= 11 is 0. The van der Waals surface area contributed by atoms with Crippen LogP contribution in [0.3, 0.4) is 0 Å². The van der Waals surface area contributed by atoms with Crippen LogP contribution in [0.5, 0.6) is 5.75 Å². The maximum absolute atomic E-state index is 12.7. The molecule has 0 aliphatic rings. The summed E-state index contributed by atoms with van der Waals surface area (Å²) in [6, 6.07) is 18.0. The molecule has 0 aliphatic carbocycles. The molecule has 0 spiro atoms. The summed E-state index contributed by atoms with van der Waals surface area (Å²) in [6.07, 6.45) is 2.49. The number of nitrogens with zero attached hydrogens (tertiary/aromatic N) is 1. The zero-order valence-corrected chi connectivity index (χ0v) is 14.1. The van der Waals surface area contributed by atoms with Crippen LogP contribution in [-0.2, 0) is 11.2 Å². The van der Waals surface area contributed by atoms with Crippen molar-refractivity contribution in [1.82, 2.24) is 4.57 Å². The van der Waals surface area contributed by atoms with Gasteiger partial charge in [-0.05, 0) is 42.7 Å². The fourth-order valence-electron chi connectivity index (χ4n) is 2.94. The lowest BCUT2D eigenvalue weighted by atomic mass is 10.0. The second-order valence-electron chi connectivity index (χ2n) is 6.06. The van der Waals surface area contributed by atoms with Crippen LogP contribution >= 0.6 is 0 Å². The van der Waals surface area contributed by atoms with E-state index in [4.69, 9.17) is 0 Å². The molecule has 0 unspecified atom stereocenters. The van der Waals surface area contributed by atoms with Gasteiger partial charge in [-0.15, -0.1) is 0 Å². The zero-order valence-electron chi connectivity index (χ0n) is 14.1. The average Bonchev–Trinajstić information content (AvgIpc) is 3.12. The van der Waals surface area contributed by atoms with Crippen LogP contribution in [0.4, 0.5) is 0 Å². The molecule has 2 aromatic carbocycles. The normalized spacial score (nSPS) is 11.8. The Bertz CT molecular complexity index is 897. The minimum absolute atomic E-state index is 0.171. The Hall–Kier alpha value is -3.34. The molecule has 1 aromatic heterocycles. The van der Waals surface area contributed by atoms with Crippen LogP contribution in [0, 0.1) is 0 Å². The first-order valence-electron chi connectivity index (χ1n) is 8.33. The van der Waals surface area contributed by atoms with Gasteiger partial charge in [-0.2, -0.15) is 0 Å². The second kappa shape index (κ2) is 7.70. The molecule has 1 atom stereocenters. The maximum Gasteiger partial charge on any atom is 0.326 e. The molecule has 0 radical (unpaired) electrons. The number of carboxylic acid groups (broad SMARTS) is 1. The van der Waals surface area contributed by atoms with Gasteiger partial charge in [0.25, 0.3) is 0 Å². The molecular formula is C21H19NO4. The van der Waals surface area contributed by atoms with Crippen molar-refractivity contribution >= 4 is 11.8 Å². The molecule has 0 amide bonds. The van der Waals surface area contributed by atoms with Crippen molar-refractivity contribution in [3.05, 3.63) is 89.7 Å². The number of hydrogen-bond donors (Lipinski definition) is 2. The molecule has 3 rings (SSSR count). The Morgan fingerprint density at radius 3 is 2.27 bits per heavy atom. The number of carbonyl (C=O) groups is 2. The quantitative estimate of drug-likeness (QED) is 0.638. The van der Waals surface area contributed by atoms with E-state index in [0.717, 1.165) is 5.56 Å². The standard InChI is InChI=1S/C21H19NO4/c23-17-11-8-15(9-12-17)10-13-19(21(25)26)22-14-4-7-18(22)20(24)16-5-2-1-3-6-16/h1-9,11-12,14,19,23H,10,13H2,(H,25,26)/t19-/m0/s1. The van der Waals surface area contributed by atoms with Crippen molar-refractivity contribution in [2.75, 3.05) is 0 Å². The summed E-state index contributed by atoms with van der Waals surface area (Å²) in [5.41, 5.74) is 1.81. The molecule has 5 nitrogen and oxygen atoms in total. The number of aromatic hydroxyl groups is 1. The zero-order chi connectivity index (χ0) is 18.5. The molecule has 3 aromatic rings. The van der Waals surface area contributed by atoms with Gasteiger partial charge in [0.1, 0.15) is 11.8 Å². The van der Waals surface area contributed by atoms with Crippen LogP contribution < -0.4 is 0 Å². The molecule has 5 heteroatoms. The smallest absolute Gasteiger partial charge is 0.326 e. The van der Waals surface area contributed by atoms with Gasteiger partial charge >= 0.3 is 5.97 Å². The SMILES string of the molecule is O=C(c1ccccc1)c1cccn1[C@@H](CCc1ccc(O)cc1)C(=O)O. The van der Waals surface area contributed by atoms with Gasteiger partial charge in [-0.1, -0.05) is 42.5 Å². The van der Waals surface area contributed by atoms with Gasteiger partial charge in [0.05, 0.1) is 5.69 Å². The van der Waals surface area contributed by atoms with E-state index in [2.05, 4.69) is 0 Å². The van der Waals surface area contributed by atoms with Crippen molar-refractivity contribution in [2.24, 2.45) is 0 Å². The molecule has 0 saturated carbocycles. The number of carboxylic acids is 1. The average molecular weight is 349 g/mol. The van der Waals surface area contributed by atoms with Crippen molar-refractivity contribution < 1.29 is 19.8 Å². The Morgan fingerprint density at radius 1 is 0.923 bits per heavy atom. The van der Waals surface area contributed by atoms with Crippen molar-refractivity contribution in [1.29, 1.82) is 0 Å². The molecule has 1 heterocycles. The number of rotatable bonds is 7. The van der Waals surface area contributed by atoms with Gasteiger partial charge in [-0.3, -0.25) is 4.79 Å². The topological polar surface area (TPSA) is 79.5 Å². The molecule has 132 valence electrons. The lowest BCUT2D eigenvalue weighted by Crippen LogP contribution is -2.23.